The van der Waals surface area contributed by atoms with E-state index in [-0.39, 0.29) is 54.0 Å². The number of nitrogen functional groups attached to an aromatic ring is 1. The fraction of sp³-hybridized carbons (Fsp3) is 0.364. The molecule has 0 bridgehead atoms. The van der Waals surface area contributed by atoms with Gasteiger partial charge in [-0.15, -0.1) is 12.4 Å². The second kappa shape index (κ2) is 7.81. The second-order valence-corrected chi connectivity index (χ2v) is 8.10. The number of pyridine rings is 1. The van der Waals surface area contributed by atoms with Crippen molar-refractivity contribution in [2.24, 2.45) is 17.6 Å². The van der Waals surface area contributed by atoms with Crippen molar-refractivity contribution in [2.75, 3.05) is 6.54 Å². The topological polar surface area (TPSA) is 103 Å². The van der Waals surface area contributed by atoms with E-state index < -0.39 is 0 Å². The number of likely N-dealkylation sites (tertiary alicyclic amines) is 1. The summed E-state index contributed by atoms with van der Waals surface area (Å²) in [4.78, 5) is 34.5. The van der Waals surface area contributed by atoms with Gasteiger partial charge in [0.05, 0.1) is 18.4 Å². The molecule has 3 aliphatic heterocycles. The Balaban J connectivity index is 0.00000218. The predicted molar refractivity (Wildman–Crippen MR) is 114 cm³/mol. The zero-order valence-corrected chi connectivity index (χ0v) is 17.2. The third-order valence-electron chi connectivity index (χ3n) is 6.60. The van der Waals surface area contributed by atoms with Crippen LogP contribution in [0.3, 0.4) is 0 Å². The number of aromatic nitrogens is 1. The van der Waals surface area contributed by atoms with Crippen molar-refractivity contribution in [3.05, 3.63) is 65.5 Å². The van der Waals surface area contributed by atoms with Crippen LogP contribution in [0.25, 0.3) is 0 Å². The van der Waals surface area contributed by atoms with E-state index in [2.05, 4.69) is 9.88 Å². The van der Waals surface area contributed by atoms with Crippen LogP contribution < -0.4 is 5.73 Å². The van der Waals surface area contributed by atoms with Crippen LogP contribution in [0.15, 0.2) is 48.8 Å². The molecule has 4 heterocycles. The fourth-order valence-corrected chi connectivity index (χ4v) is 5.35. The molecule has 2 amide bonds. The van der Waals surface area contributed by atoms with E-state index in [1.165, 1.54) is 4.90 Å². The van der Waals surface area contributed by atoms with Crippen LogP contribution in [-0.2, 0) is 16.1 Å². The van der Waals surface area contributed by atoms with Crippen molar-refractivity contribution in [3.63, 3.8) is 0 Å². The van der Waals surface area contributed by atoms with Gasteiger partial charge >= 0.3 is 0 Å². The first-order chi connectivity index (χ1) is 14.1. The molecule has 7 nitrogen and oxygen atoms in total. The standard InChI is InChI=1S/C22H23N5O2.ClH/c23-20(24)15-5-3-14(4-6-15)19-18-17(16-2-1-11-26(16)19)21(28)27(22(18)29)12-13-7-9-25-10-8-13;/h3-10,16-19H,1-2,11-12H2,(H3,23,24);1H/t16-,17-,18-,19-;/m0./s1. The highest BCUT2D eigenvalue weighted by Gasteiger charge is 2.62. The highest BCUT2D eigenvalue weighted by Crippen LogP contribution is 2.53. The summed E-state index contributed by atoms with van der Waals surface area (Å²) in [7, 11) is 0. The lowest BCUT2D eigenvalue weighted by Crippen LogP contribution is -2.38. The molecular formula is C22H24ClN5O2. The maximum Gasteiger partial charge on any atom is 0.235 e. The van der Waals surface area contributed by atoms with Crippen LogP contribution in [0.2, 0.25) is 0 Å². The summed E-state index contributed by atoms with van der Waals surface area (Å²) < 4.78 is 0. The van der Waals surface area contributed by atoms with Crippen molar-refractivity contribution in [1.82, 2.24) is 14.8 Å². The molecular weight excluding hydrogens is 402 g/mol. The number of carbonyl (C=O) groups is 2. The first kappa shape index (κ1) is 20.5. The monoisotopic (exact) mass is 425 g/mol. The second-order valence-electron chi connectivity index (χ2n) is 8.10. The molecule has 3 fully saturated rings. The first-order valence-corrected chi connectivity index (χ1v) is 10.0. The van der Waals surface area contributed by atoms with Gasteiger partial charge in [0.15, 0.2) is 0 Å². The van der Waals surface area contributed by atoms with E-state index in [1.807, 2.05) is 36.4 Å². The van der Waals surface area contributed by atoms with Gasteiger partial charge < -0.3 is 5.73 Å². The summed E-state index contributed by atoms with van der Waals surface area (Å²) >= 11 is 0. The smallest absolute Gasteiger partial charge is 0.235 e. The Morgan fingerprint density at radius 1 is 1.07 bits per heavy atom. The molecule has 0 saturated carbocycles. The van der Waals surface area contributed by atoms with E-state index in [0.29, 0.717) is 12.1 Å². The number of nitrogens with zero attached hydrogens (tertiary/aromatic N) is 3. The van der Waals surface area contributed by atoms with Crippen molar-refractivity contribution in [2.45, 2.75) is 31.5 Å². The third-order valence-corrected chi connectivity index (χ3v) is 6.60. The number of nitrogens with one attached hydrogen (secondary N) is 1. The number of hydrogen-bond donors (Lipinski definition) is 2. The Morgan fingerprint density at radius 3 is 2.40 bits per heavy atom. The van der Waals surface area contributed by atoms with Gasteiger partial charge in [-0.05, 0) is 42.6 Å². The molecule has 3 saturated heterocycles. The quantitative estimate of drug-likeness (QED) is 0.443. The number of hydrogen-bond acceptors (Lipinski definition) is 5. The van der Waals surface area contributed by atoms with E-state index in [1.54, 1.807) is 12.4 Å². The lowest BCUT2D eigenvalue weighted by atomic mass is 9.85. The van der Waals surface area contributed by atoms with Gasteiger partial charge in [-0.25, -0.2) is 0 Å². The lowest BCUT2D eigenvalue weighted by molar-refractivity contribution is -0.142. The Kier molecular flexibility index (Phi) is 5.34. The summed E-state index contributed by atoms with van der Waals surface area (Å²) in [6.07, 6.45) is 5.35. The van der Waals surface area contributed by atoms with Gasteiger partial charge in [-0.1, -0.05) is 24.3 Å². The van der Waals surface area contributed by atoms with E-state index in [4.69, 9.17) is 11.1 Å². The van der Waals surface area contributed by atoms with Crippen molar-refractivity contribution in [3.8, 4) is 0 Å². The van der Waals surface area contributed by atoms with E-state index >= 15 is 0 Å². The van der Waals surface area contributed by atoms with Crippen LogP contribution in [0, 0.1) is 17.2 Å². The molecule has 0 aliphatic carbocycles. The number of halogens is 1. The number of amidine groups is 1. The molecule has 0 spiro atoms. The molecule has 30 heavy (non-hydrogen) atoms. The van der Waals surface area contributed by atoms with Crippen molar-refractivity contribution in [1.29, 1.82) is 5.41 Å². The van der Waals surface area contributed by atoms with Crippen LogP contribution in [0.5, 0.6) is 0 Å². The SMILES string of the molecule is Cl.N=C(N)c1ccc([C@H]2[C@H]3C(=O)N(Cc4ccncc4)C(=O)[C@H]3[C@@H]3CCCN32)cc1. The molecule has 2 aromatic rings. The predicted octanol–water partition coefficient (Wildman–Crippen LogP) is 2.11. The van der Waals surface area contributed by atoms with Gasteiger partial charge in [-0.3, -0.25) is 29.8 Å². The summed E-state index contributed by atoms with van der Waals surface area (Å²) in [5.74, 6) is -0.721. The molecule has 1 aromatic heterocycles. The number of carbonyl (C=O) groups excluding carboxylic acids is 2. The first-order valence-electron chi connectivity index (χ1n) is 10.0. The number of fused-ring (bicyclic) bond motifs is 3. The van der Waals surface area contributed by atoms with Crippen LogP contribution in [0.4, 0.5) is 0 Å². The maximum absolute atomic E-state index is 13.4. The molecule has 156 valence electrons. The molecule has 3 N–H and O–H groups in total. The molecule has 0 unspecified atom stereocenters. The number of nitrogens with two attached hydrogens (primary N) is 1. The molecule has 4 atom stereocenters. The van der Waals surface area contributed by atoms with Gasteiger partial charge in [0, 0.05) is 30.0 Å². The summed E-state index contributed by atoms with van der Waals surface area (Å²) in [5.41, 5.74) is 8.17. The molecule has 0 radical (unpaired) electrons. The average molecular weight is 426 g/mol. The lowest BCUT2D eigenvalue weighted by Gasteiger charge is -2.29. The largest absolute Gasteiger partial charge is 0.384 e. The number of benzene rings is 1. The highest BCUT2D eigenvalue weighted by molar-refractivity contribution is 6.06. The van der Waals surface area contributed by atoms with E-state index in [9.17, 15) is 9.59 Å². The van der Waals surface area contributed by atoms with Gasteiger partial charge in [0.25, 0.3) is 0 Å². The zero-order valence-electron chi connectivity index (χ0n) is 16.4. The Labute approximate surface area is 181 Å². The summed E-state index contributed by atoms with van der Waals surface area (Å²) in [6.45, 7) is 1.21. The Hall–Kier alpha value is -2.77. The normalized spacial score (nSPS) is 27.7. The van der Waals surface area contributed by atoms with Gasteiger partial charge in [0.2, 0.25) is 11.8 Å². The summed E-state index contributed by atoms with van der Waals surface area (Å²) in [5, 5.41) is 7.60. The van der Waals surface area contributed by atoms with Crippen LogP contribution in [-0.4, -0.2) is 45.0 Å². The number of imide groups is 1. The molecule has 1 aromatic carbocycles. The van der Waals surface area contributed by atoms with Crippen LogP contribution >= 0.6 is 12.4 Å². The maximum atomic E-state index is 13.4. The highest BCUT2D eigenvalue weighted by atomic mass is 35.5. The Morgan fingerprint density at radius 2 is 1.73 bits per heavy atom. The average Bonchev–Trinajstić information content (AvgIpc) is 3.37. The van der Waals surface area contributed by atoms with E-state index in [0.717, 1.165) is 30.5 Å². The minimum Gasteiger partial charge on any atom is -0.384 e. The Bertz CT molecular complexity index is 981. The summed E-state index contributed by atoms with van der Waals surface area (Å²) in [6, 6.07) is 11.2. The zero-order chi connectivity index (χ0) is 20.1. The minimum atomic E-state index is -0.349. The molecule has 5 rings (SSSR count). The number of rotatable bonds is 4. The van der Waals surface area contributed by atoms with Crippen LogP contribution in [0.1, 0.15) is 35.6 Å². The minimum absolute atomic E-state index is 0. The fourth-order valence-electron chi connectivity index (χ4n) is 5.35. The molecule has 3 aliphatic rings. The van der Waals surface area contributed by atoms with Crippen molar-refractivity contribution < 1.29 is 9.59 Å². The third kappa shape index (κ3) is 3.09. The molecule has 8 heteroatoms. The number of amides is 2. The van der Waals surface area contributed by atoms with Gasteiger partial charge in [-0.2, -0.15) is 0 Å². The van der Waals surface area contributed by atoms with Crippen molar-refractivity contribution >= 4 is 30.1 Å². The van der Waals surface area contributed by atoms with Gasteiger partial charge in [0.1, 0.15) is 5.84 Å².